The summed E-state index contributed by atoms with van der Waals surface area (Å²) in [6.07, 6.45) is 1.25. The first-order valence-electron chi connectivity index (χ1n) is 11.2. The predicted molar refractivity (Wildman–Crippen MR) is 141 cm³/mol. The molecule has 0 saturated heterocycles. The molecule has 3 aromatic rings. The molecule has 0 fully saturated rings. The van der Waals surface area contributed by atoms with Gasteiger partial charge in [-0.2, -0.15) is 5.10 Å². The number of methoxy groups -OCH3 is 1. The molecule has 0 unspecified atom stereocenters. The van der Waals surface area contributed by atoms with E-state index in [9.17, 15) is 18.8 Å². The molecule has 0 bridgehead atoms. The van der Waals surface area contributed by atoms with Crippen LogP contribution in [0.3, 0.4) is 0 Å². The zero-order chi connectivity index (χ0) is 27.5. The third-order valence-corrected chi connectivity index (χ3v) is 5.04. The number of carbonyl (C=O) groups excluding carboxylic acids is 3. The van der Waals surface area contributed by atoms with Crippen LogP contribution in [0, 0.1) is 5.82 Å². The van der Waals surface area contributed by atoms with Crippen molar-refractivity contribution in [1.82, 2.24) is 5.43 Å². The van der Waals surface area contributed by atoms with Crippen LogP contribution in [0.2, 0.25) is 5.02 Å². The Kier molecular flexibility index (Phi) is 10.0. The number of amides is 3. The number of anilines is 2. The Bertz CT molecular complexity index is 1330. The minimum absolute atomic E-state index is 0.0171. The number of carbonyl (C=O) groups is 3. The number of nitrogens with zero attached hydrogens (tertiary/aromatic N) is 1. The maximum atomic E-state index is 13.7. The number of benzene rings is 3. The highest BCUT2D eigenvalue weighted by molar-refractivity contribution is 6.39. The van der Waals surface area contributed by atoms with Gasteiger partial charge < -0.3 is 24.8 Å². The third kappa shape index (κ3) is 7.93. The SMILES string of the molecule is CCOc1cc(/C=N\NC(=O)C(=O)Nc2ccc(OC)cc2)cc(Cl)c1OCC(=O)Nc1ccccc1F. The van der Waals surface area contributed by atoms with E-state index in [-0.39, 0.29) is 28.8 Å². The first kappa shape index (κ1) is 27.9. The van der Waals surface area contributed by atoms with Gasteiger partial charge in [0.1, 0.15) is 11.6 Å². The van der Waals surface area contributed by atoms with Crippen molar-refractivity contribution in [2.24, 2.45) is 5.10 Å². The Balaban J connectivity index is 1.60. The summed E-state index contributed by atoms with van der Waals surface area (Å²) < 4.78 is 29.9. The van der Waals surface area contributed by atoms with Crippen LogP contribution in [0.5, 0.6) is 17.2 Å². The van der Waals surface area contributed by atoms with E-state index in [0.29, 0.717) is 17.0 Å². The van der Waals surface area contributed by atoms with Crippen molar-refractivity contribution in [3.8, 4) is 17.2 Å². The van der Waals surface area contributed by atoms with Gasteiger partial charge in [-0.1, -0.05) is 23.7 Å². The van der Waals surface area contributed by atoms with Crippen molar-refractivity contribution in [3.63, 3.8) is 0 Å². The lowest BCUT2D eigenvalue weighted by atomic mass is 10.2. The Morgan fingerprint density at radius 3 is 2.42 bits per heavy atom. The van der Waals surface area contributed by atoms with E-state index >= 15 is 0 Å². The first-order chi connectivity index (χ1) is 18.3. The smallest absolute Gasteiger partial charge is 0.329 e. The number of nitrogens with one attached hydrogen (secondary N) is 3. The molecule has 3 aromatic carbocycles. The van der Waals surface area contributed by atoms with Gasteiger partial charge in [0, 0.05) is 5.69 Å². The van der Waals surface area contributed by atoms with Crippen LogP contribution in [-0.2, 0) is 14.4 Å². The van der Waals surface area contributed by atoms with E-state index in [1.807, 2.05) is 0 Å². The van der Waals surface area contributed by atoms with Gasteiger partial charge in [-0.05, 0) is 61.0 Å². The lowest BCUT2D eigenvalue weighted by molar-refractivity contribution is -0.136. The molecule has 38 heavy (non-hydrogen) atoms. The second-order valence-corrected chi connectivity index (χ2v) is 7.87. The summed E-state index contributed by atoms with van der Waals surface area (Å²) in [4.78, 5) is 36.3. The maximum absolute atomic E-state index is 13.7. The molecule has 0 atom stereocenters. The number of halogens is 2. The van der Waals surface area contributed by atoms with Gasteiger partial charge in [-0.3, -0.25) is 14.4 Å². The summed E-state index contributed by atoms with van der Waals surface area (Å²) in [5, 5.41) is 8.71. The molecular weight excluding hydrogens is 519 g/mol. The largest absolute Gasteiger partial charge is 0.497 e. The minimum atomic E-state index is -0.992. The van der Waals surface area contributed by atoms with Crippen LogP contribution in [0.15, 0.2) is 65.8 Å². The molecule has 10 nitrogen and oxygen atoms in total. The number of ether oxygens (including phenoxy) is 3. The molecule has 198 valence electrons. The summed E-state index contributed by atoms with van der Waals surface area (Å²) in [6.45, 7) is 1.54. The fourth-order valence-electron chi connectivity index (χ4n) is 3.03. The van der Waals surface area contributed by atoms with Crippen LogP contribution in [0.1, 0.15) is 12.5 Å². The standard InChI is InChI=1S/C26H24ClFN4O6/c1-3-37-22-13-16(14-29-32-26(35)25(34)30-17-8-10-18(36-2)11-9-17)12-19(27)24(22)38-15-23(33)31-21-7-5-4-6-20(21)28/h4-14H,3,15H2,1-2H3,(H,30,34)(H,31,33)(H,32,35)/b29-14-. The molecule has 0 heterocycles. The highest BCUT2D eigenvalue weighted by atomic mass is 35.5. The van der Waals surface area contributed by atoms with Gasteiger partial charge in [-0.15, -0.1) is 0 Å². The first-order valence-corrected chi connectivity index (χ1v) is 11.6. The molecule has 0 spiro atoms. The summed E-state index contributed by atoms with van der Waals surface area (Å²) in [5.74, 6) is -2.19. The molecule has 12 heteroatoms. The van der Waals surface area contributed by atoms with Crippen LogP contribution in [0.4, 0.5) is 15.8 Å². The van der Waals surface area contributed by atoms with Gasteiger partial charge in [0.05, 0.1) is 30.6 Å². The monoisotopic (exact) mass is 542 g/mol. The number of hydrazone groups is 1. The van der Waals surface area contributed by atoms with E-state index in [1.54, 1.807) is 37.3 Å². The highest BCUT2D eigenvalue weighted by Crippen LogP contribution is 2.36. The Morgan fingerprint density at radius 1 is 1.00 bits per heavy atom. The fraction of sp³-hybridized carbons (Fsp3) is 0.154. The van der Waals surface area contributed by atoms with E-state index in [1.165, 1.54) is 43.7 Å². The number of rotatable bonds is 10. The van der Waals surface area contributed by atoms with Crippen molar-refractivity contribution in [3.05, 3.63) is 77.1 Å². The second kappa shape index (κ2) is 13.6. The van der Waals surface area contributed by atoms with Crippen LogP contribution in [0.25, 0.3) is 0 Å². The summed E-state index contributed by atoms with van der Waals surface area (Å²) in [7, 11) is 1.51. The topological polar surface area (TPSA) is 127 Å². The summed E-state index contributed by atoms with van der Waals surface area (Å²) >= 11 is 6.32. The van der Waals surface area contributed by atoms with Gasteiger partial charge in [0.15, 0.2) is 18.1 Å². The molecule has 3 amide bonds. The summed E-state index contributed by atoms with van der Waals surface area (Å²) in [5.41, 5.74) is 2.96. The van der Waals surface area contributed by atoms with E-state index < -0.39 is 30.1 Å². The van der Waals surface area contributed by atoms with Crippen molar-refractivity contribution < 1.29 is 33.0 Å². The van der Waals surface area contributed by atoms with Gasteiger partial charge in [0.2, 0.25) is 0 Å². The van der Waals surface area contributed by atoms with Gasteiger partial charge in [-0.25, -0.2) is 9.82 Å². The molecule has 3 N–H and O–H groups in total. The molecule has 0 aliphatic carbocycles. The predicted octanol–water partition coefficient (Wildman–Crippen LogP) is 3.99. The number of hydrogen-bond acceptors (Lipinski definition) is 7. The fourth-order valence-corrected chi connectivity index (χ4v) is 3.30. The van der Waals surface area contributed by atoms with E-state index in [2.05, 4.69) is 21.2 Å². The van der Waals surface area contributed by atoms with E-state index in [0.717, 1.165) is 0 Å². The Morgan fingerprint density at radius 2 is 1.74 bits per heavy atom. The van der Waals surface area contributed by atoms with Crippen LogP contribution >= 0.6 is 11.6 Å². The minimum Gasteiger partial charge on any atom is -0.497 e. The van der Waals surface area contributed by atoms with Crippen molar-refractivity contribution in [2.45, 2.75) is 6.92 Å². The Labute approximate surface area is 222 Å². The van der Waals surface area contributed by atoms with Crippen molar-refractivity contribution in [1.29, 1.82) is 0 Å². The normalized spacial score (nSPS) is 10.5. The molecule has 0 aromatic heterocycles. The molecule has 0 radical (unpaired) electrons. The summed E-state index contributed by atoms with van der Waals surface area (Å²) in [6, 6.07) is 15.1. The molecule has 0 saturated carbocycles. The average molecular weight is 543 g/mol. The lowest BCUT2D eigenvalue weighted by Gasteiger charge is -2.14. The number of hydrogen-bond donors (Lipinski definition) is 3. The molecule has 3 rings (SSSR count). The molecular formula is C26H24ClFN4O6. The quantitative estimate of drug-likeness (QED) is 0.202. The second-order valence-electron chi connectivity index (χ2n) is 7.46. The van der Waals surface area contributed by atoms with Crippen molar-refractivity contribution >= 4 is 46.9 Å². The van der Waals surface area contributed by atoms with E-state index in [4.69, 9.17) is 25.8 Å². The number of para-hydroxylation sites is 1. The maximum Gasteiger partial charge on any atom is 0.329 e. The van der Waals surface area contributed by atoms with Crippen LogP contribution in [-0.4, -0.2) is 44.3 Å². The lowest BCUT2D eigenvalue weighted by Crippen LogP contribution is -2.32. The molecule has 0 aliphatic rings. The van der Waals surface area contributed by atoms with Crippen LogP contribution < -0.4 is 30.3 Å². The zero-order valence-corrected chi connectivity index (χ0v) is 21.2. The van der Waals surface area contributed by atoms with Gasteiger partial charge >= 0.3 is 11.8 Å². The third-order valence-electron chi connectivity index (χ3n) is 4.76. The van der Waals surface area contributed by atoms with Crippen molar-refractivity contribution in [2.75, 3.05) is 31.0 Å². The van der Waals surface area contributed by atoms with Gasteiger partial charge in [0.25, 0.3) is 5.91 Å². The highest BCUT2D eigenvalue weighted by Gasteiger charge is 2.16. The Hall–Kier alpha value is -4.64. The molecule has 0 aliphatic heterocycles. The average Bonchev–Trinajstić information content (AvgIpc) is 2.90. The zero-order valence-electron chi connectivity index (χ0n) is 20.4.